The molecule has 0 amide bonds. The second-order valence-corrected chi connectivity index (χ2v) is 11.3. The average molecular weight is 790 g/mol. The molecule has 0 saturated heterocycles. The molecule has 4 heterocycles. The third-order valence-electron chi connectivity index (χ3n) is 8.33. The van der Waals surface area contributed by atoms with E-state index in [1.54, 1.807) is 0 Å². The number of fused-ring (bicyclic) bond motifs is 4. The molecular formula is C40H30N6Pt. The van der Waals surface area contributed by atoms with Crippen LogP contribution in [0.1, 0.15) is 0 Å². The zero-order valence-corrected chi connectivity index (χ0v) is 28.1. The monoisotopic (exact) mass is 789 g/mol. The van der Waals surface area contributed by atoms with Gasteiger partial charge in [0.25, 0.3) is 0 Å². The van der Waals surface area contributed by atoms with E-state index in [4.69, 9.17) is 0 Å². The number of nitrogens with zero attached hydrogens (tertiary/aromatic N) is 6. The van der Waals surface area contributed by atoms with Crippen LogP contribution in [0, 0.1) is 25.5 Å². The van der Waals surface area contributed by atoms with Crippen LogP contribution in [0.15, 0.2) is 134 Å². The molecule has 0 spiro atoms. The fourth-order valence-electron chi connectivity index (χ4n) is 6.18. The normalized spacial score (nSPS) is 13.2. The molecule has 0 saturated carbocycles. The third kappa shape index (κ3) is 5.60. The molecule has 9 rings (SSSR count). The smallest absolute Gasteiger partial charge is 0.502 e. The van der Waals surface area contributed by atoms with E-state index in [9.17, 15) is 0 Å². The zero-order valence-electron chi connectivity index (χ0n) is 25.9. The molecule has 0 N–H and O–H groups in total. The fourth-order valence-corrected chi connectivity index (χ4v) is 6.18. The molecule has 5 aromatic carbocycles. The number of rotatable bonds is 3. The maximum atomic E-state index is 4.53. The van der Waals surface area contributed by atoms with Crippen molar-refractivity contribution in [2.75, 3.05) is 33.7 Å². The Bertz CT molecular complexity index is 2060. The quantitative estimate of drug-likeness (QED) is 0.131. The molecule has 0 radical (unpaired) electrons. The molecule has 2 aromatic heterocycles. The van der Waals surface area contributed by atoms with Crippen LogP contribution >= 0.6 is 0 Å². The summed E-state index contributed by atoms with van der Waals surface area (Å²) in [5, 5.41) is 4.87. The van der Waals surface area contributed by atoms with Gasteiger partial charge < -0.3 is 19.6 Å². The number of pyridine rings is 2. The summed E-state index contributed by atoms with van der Waals surface area (Å²) in [6, 6.07) is 48.7. The first kappa shape index (κ1) is 30.5. The average Bonchev–Trinajstić information content (AvgIpc) is 3.64. The number of benzene rings is 5. The number of aromatic nitrogens is 2. The largest absolute Gasteiger partial charge is 4.00 e. The molecular weight excluding hydrogens is 760 g/mol. The molecule has 230 valence electrons. The van der Waals surface area contributed by atoms with Crippen LogP contribution in [0.4, 0.5) is 34.4 Å². The van der Waals surface area contributed by atoms with Gasteiger partial charge in [0.15, 0.2) is 0 Å². The maximum Gasteiger partial charge on any atom is 4.00 e. The van der Waals surface area contributed by atoms with Gasteiger partial charge in [-0.2, -0.15) is 19.4 Å². The first-order valence-corrected chi connectivity index (χ1v) is 15.2. The van der Waals surface area contributed by atoms with E-state index in [0.717, 1.165) is 34.4 Å². The predicted molar refractivity (Wildman–Crippen MR) is 189 cm³/mol. The Hall–Kier alpha value is -5.19. The minimum atomic E-state index is 0. The van der Waals surface area contributed by atoms with Gasteiger partial charge in [0.1, 0.15) is 11.6 Å². The van der Waals surface area contributed by atoms with Crippen LogP contribution < -0.4 is 19.6 Å². The fraction of sp³-hybridized carbons (Fsp3) is 0.0500. The van der Waals surface area contributed by atoms with Crippen molar-refractivity contribution < 1.29 is 21.1 Å². The molecule has 47 heavy (non-hydrogen) atoms. The van der Waals surface area contributed by atoms with Crippen molar-refractivity contribution in [3.05, 3.63) is 159 Å². The Labute approximate surface area is 289 Å². The van der Waals surface area contributed by atoms with Crippen LogP contribution in [0.3, 0.4) is 0 Å². The van der Waals surface area contributed by atoms with E-state index in [0.29, 0.717) is 0 Å². The Morgan fingerprint density at radius 2 is 1.00 bits per heavy atom. The van der Waals surface area contributed by atoms with E-state index in [1.807, 2.05) is 70.2 Å². The van der Waals surface area contributed by atoms with E-state index >= 15 is 0 Å². The standard InChI is InChI=1S/C20H17N6.C20H13.Pt/c1-23-13-25(19-17(23)8-4-10-21-19)15-6-3-7-16(12-15)26-14-24(2)18-9-5-11-22-20(18)26;1-2-8-15(9-3-1)20-18-12-6-4-10-16(18)14-17-11-5-7-13-19(17)20;/h3-11,13-14H,1-2H3;1-13H;/q-3;-1;+4. The first-order valence-electron chi connectivity index (χ1n) is 15.2. The molecule has 2 aliphatic rings. The van der Waals surface area contributed by atoms with E-state index in [2.05, 4.69) is 133 Å². The summed E-state index contributed by atoms with van der Waals surface area (Å²) in [7, 11) is 4.04. The van der Waals surface area contributed by atoms with E-state index in [-0.39, 0.29) is 21.1 Å². The second kappa shape index (κ2) is 12.9. The zero-order chi connectivity index (χ0) is 31.0. The molecule has 7 heteroatoms. The summed E-state index contributed by atoms with van der Waals surface area (Å²) in [6.07, 6.45) is 3.62. The Morgan fingerprint density at radius 3 is 1.53 bits per heavy atom. The topological polar surface area (TPSA) is 38.7 Å². The summed E-state index contributed by atoms with van der Waals surface area (Å²) in [6.45, 7) is 4.05. The minimum absolute atomic E-state index is 0. The summed E-state index contributed by atoms with van der Waals surface area (Å²) >= 11 is 0. The van der Waals surface area contributed by atoms with Crippen LogP contribution in [0.2, 0.25) is 0 Å². The molecule has 7 aromatic rings. The van der Waals surface area contributed by atoms with E-state index in [1.165, 1.54) is 32.7 Å². The number of hydrogen-bond acceptors (Lipinski definition) is 6. The summed E-state index contributed by atoms with van der Waals surface area (Å²) < 4.78 is 0. The van der Waals surface area contributed by atoms with Crippen LogP contribution in [-0.4, -0.2) is 24.1 Å². The van der Waals surface area contributed by atoms with Gasteiger partial charge in [-0.15, -0.1) is 58.5 Å². The van der Waals surface area contributed by atoms with Gasteiger partial charge in [0, 0.05) is 23.8 Å². The molecule has 0 fully saturated rings. The Kier molecular flexibility index (Phi) is 8.36. The number of anilines is 6. The Morgan fingerprint density at radius 1 is 0.511 bits per heavy atom. The van der Waals surface area contributed by atoms with Gasteiger partial charge in [0.05, 0.1) is 0 Å². The molecule has 6 nitrogen and oxygen atoms in total. The van der Waals surface area contributed by atoms with Crippen LogP contribution in [0.25, 0.3) is 32.7 Å². The molecule has 0 aliphatic carbocycles. The van der Waals surface area contributed by atoms with Gasteiger partial charge >= 0.3 is 21.1 Å². The van der Waals surface area contributed by atoms with Crippen LogP contribution in [-0.2, 0) is 21.1 Å². The molecule has 0 unspecified atom stereocenters. The minimum Gasteiger partial charge on any atom is -0.502 e. The van der Waals surface area contributed by atoms with E-state index < -0.39 is 0 Å². The van der Waals surface area contributed by atoms with Gasteiger partial charge in [-0.3, -0.25) is 0 Å². The van der Waals surface area contributed by atoms with Crippen molar-refractivity contribution in [3.63, 3.8) is 0 Å². The predicted octanol–water partition coefficient (Wildman–Crippen LogP) is 9.15. The van der Waals surface area contributed by atoms with Gasteiger partial charge in [-0.1, -0.05) is 83.1 Å². The molecule has 0 atom stereocenters. The van der Waals surface area contributed by atoms with Crippen molar-refractivity contribution in [3.8, 4) is 11.1 Å². The van der Waals surface area contributed by atoms with Gasteiger partial charge in [0.2, 0.25) is 0 Å². The summed E-state index contributed by atoms with van der Waals surface area (Å²) in [5.41, 5.74) is 6.58. The van der Waals surface area contributed by atoms with Crippen molar-refractivity contribution in [2.24, 2.45) is 0 Å². The summed E-state index contributed by atoms with van der Waals surface area (Å²) in [5.74, 6) is 1.81. The SMILES string of the molecule is CN1[CH-]N(c2[c-]c(N3[CH-]N(C)c4cccnc43)ccc2)c2ncccc21.[Pt+4].[c-]1c2ccccc2c(-c2ccccc2)c2ccccc12. The first-order chi connectivity index (χ1) is 22.7. The third-order valence-corrected chi connectivity index (χ3v) is 8.33. The molecule has 2 aliphatic heterocycles. The van der Waals surface area contributed by atoms with Crippen molar-refractivity contribution >= 4 is 55.9 Å². The Balaban J connectivity index is 0.000000151. The summed E-state index contributed by atoms with van der Waals surface area (Å²) in [4.78, 5) is 17.3. The molecule has 0 bridgehead atoms. The van der Waals surface area contributed by atoms with Crippen molar-refractivity contribution in [1.29, 1.82) is 0 Å². The van der Waals surface area contributed by atoms with Crippen molar-refractivity contribution in [2.45, 2.75) is 0 Å². The van der Waals surface area contributed by atoms with Gasteiger partial charge in [-0.05, 0) is 43.9 Å². The number of hydrogen-bond donors (Lipinski definition) is 0. The maximum absolute atomic E-state index is 4.53. The second-order valence-electron chi connectivity index (χ2n) is 11.3. The van der Waals surface area contributed by atoms with Crippen molar-refractivity contribution in [1.82, 2.24) is 9.97 Å². The van der Waals surface area contributed by atoms with Gasteiger partial charge in [-0.25, -0.2) is 9.97 Å². The van der Waals surface area contributed by atoms with Crippen LogP contribution in [0.5, 0.6) is 0 Å².